The predicted molar refractivity (Wildman–Crippen MR) is 123 cm³/mol. The Labute approximate surface area is 199 Å². The van der Waals surface area contributed by atoms with Crippen molar-refractivity contribution in [3.8, 4) is 5.69 Å². The number of carboxylic acids is 1. The third-order valence-electron chi connectivity index (χ3n) is 5.23. The maximum atomic E-state index is 13.3. The Kier molecular flexibility index (Phi) is 6.56. The molecule has 1 amide bonds. The van der Waals surface area contributed by atoms with E-state index in [1.165, 1.54) is 59.8 Å². The molecule has 180 valence electrons. The number of pyridine rings is 2. The van der Waals surface area contributed by atoms with Gasteiger partial charge in [-0.05, 0) is 48.4 Å². The number of carboxylic acid groups (broad SMARTS) is 1. The lowest BCUT2D eigenvalue weighted by Gasteiger charge is -2.17. The number of aromatic nitrogens is 4. The molecule has 0 saturated heterocycles. The zero-order valence-corrected chi connectivity index (χ0v) is 19.2. The molecule has 0 spiro atoms. The number of hydrogen-bond acceptors (Lipinski definition) is 7. The molecular formula is C23H20FN5O5S. The standard InChI is InChI=1S/C23H20FN5O5S/c1-35(33,34)21-9-14(6-7-26-21)8-16(10-22(30)31)28-23(32)19-11-25-13-20-18(19)12-27-29(20)17-4-2-15(24)3-5-17/h2-7,9,11-13,16H,8,10H2,1H3,(H,28,32)(H,30,31)/t16-/m0/s1. The molecule has 0 aliphatic heterocycles. The maximum absolute atomic E-state index is 13.3. The number of rotatable bonds is 8. The highest BCUT2D eigenvalue weighted by molar-refractivity contribution is 7.90. The first-order valence-electron chi connectivity index (χ1n) is 10.4. The van der Waals surface area contributed by atoms with Crippen molar-refractivity contribution in [2.75, 3.05) is 6.26 Å². The van der Waals surface area contributed by atoms with E-state index in [1.54, 1.807) is 6.07 Å². The summed E-state index contributed by atoms with van der Waals surface area (Å²) in [6.45, 7) is 0. The lowest BCUT2D eigenvalue weighted by Crippen LogP contribution is -2.38. The van der Waals surface area contributed by atoms with Crippen LogP contribution in [0.4, 0.5) is 4.39 Å². The minimum atomic E-state index is -3.55. The maximum Gasteiger partial charge on any atom is 0.305 e. The number of nitrogens with zero attached hydrogens (tertiary/aromatic N) is 4. The van der Waals surface area contributed by atoms with E-state index in [0.29, 0.717) is 22.2 Å². The highest BCUT2D eigenvalue weighted by Gasteiger charge is 2.21. The van der Waals surface area contributed by atoms with Crippen LogP contribution in [0.1, 0.15) is 22.3 Å². The zero-order chi connectivity index (χ0) is 25.2. The van der Waals surface area contributed by atoms with Gasteiger partial charge in [-0.25, -0.2) is 22.5 Å². The van der Waals surface area contributed by atoms with Crippen molar-refractivity contribution in [1.29, 1.82) is 0 Å². The van der Waals surface area contributed by atoms with Crippen LogP contribution >= 0.6 is 0 Å². The molecule has 35 heavy (non-hydrogen) atoms. The Morgan fingerprint density at radius 1 is 1.14 bits per heavy atom. The summed E-state index contributed by atoms with van der Waals surface area (Å²) in [6.07, 6.45) is 6.36. The summed E-state index contributed by atoms with van der Waals surface area (Å²) in [4.78, 5) is 32.5. The van der Waals surface area contributed by atoms with Gasteiger partial charge < -0.3 is 10.4 Å². The molecular weight excluding hydrogens is 477 g/mol. The Hall–Kier alpha value is -4.19. The molecule has 3 aromatic heterocycles. The number of hydrogen-bond donors (Lipinski definition) is 2. The van der Waals surface area contributed by atoms with Crippen molar-refractivity contribution in [3.63, 3.8) is 0 Å². The predicted octanol–water partition coefficient (Wildman–Crippen LogP) is 2.17. The van der Waals surface area contributed by atoms with Gasteiger partial charge in [-0.1, -0.05) is 0 Å². The molecule has 4 rings (SSSR count). The number of sulfone groups is 1. The molecule has 10 nitrogen and oxygen atoms in total. The van der Waals surface area contributed by atoms with Gasteiger partial charge in [-0.2, -0.15) is 5.10 Å². The molecule has 1 atom stereocenters. The van der Waals surface area contributed by atoms with Crippen molar-refractivity contribution in [2.24, 2.45) is 0 Å². The summed E-state index contributed by atoms with van der Waals surface area (Å²) >= 11 is 0. The molecule has 12 heteroatoms. The summed E-state index contributed by atoms with van der Waals surface area (Å²) in [5.74, 6) is -2.09. The van der Waals surface area contributed by atoms with Gasteiger partial charge in [0.15, 0.2) is 14.9 Å². The fraction of sp³-hybridized carbons (Fsp3) is 0.174. The molecule has 1 aromatic carbocycles. The van der Waals surface area contributed by atoms with Crippen LogP contribution in [0.5, 0.6) is 0 Å². The number of benzene rings is 1. The first-order chi connectivity index (χ1) is 16.6. The van der Waals surface area contributed by atoms with Crippen molar-refractivity contribution >= 4 is 32.6 Å². The van der Waals surface area contributed by atoms with Crippen LogP contribution in [-0.4, -0.2) is 57.4 Å². The van der Waals surface area contributed by atoms with Crippen molar-refractivity contribution in [3.05, 3.63) is 78.1 Å². The number of carbonyl (C=O) groups excluding carboxylic acids is 1. The molecule has 0 aliphatic carbocycles. The van der Waals surface area contributed by atoms with Crippen LogP contribution < -0.4 is 5.32 Å². The van der Waals surface area contributed by atoms with Gasteiger partial charge in [0, 0.05) is 30.1 Å². The van der Waals surface area contributed by atoms with Gasteiger partial charge in [-0.3, -0.25) is 14.6 Å². The third kappa shape index (κ3) is 5.49. The molecule has 2 N–H and O–H groups in total. The summed E-state index contributed by atoms with van der Waals surface area (Å²) in [5.41, 5.74) is 1.76. The highest BCUT2D eigenvalue weighted by Crippen LogP contribution is 2.21. The lowest BCUT2D eigenvalue weighted by atomic mass is 10.0. The second-order valence-electron chi connectivity index (χ2n) is 7.90. The fourth-order valence-electron chi connectivity index (χ4n) is 3.62. The zero-order valence-electron chi connectivity index (χ0n) is 18.4. The Bertz CT molecular complexity index is 1520. The molecule has 0 bridgehead atoms. The second kappa shape index (κ2) is 9.58. The minimum absolute atomic E-state index is 0.0708. The topological polar surface area (TPSA) is 144 Å². The largest absolute Gasteiger partial charge is 0.481 e. The van der Waals surface area contributed by atoms with Crippen molar-refractivity contribution in [1.82, 2.24) is 25.1 Å². The van der Waals surface area contributed by atoms with Crippen LogP contribution in [0.2, 0.25) is 0 Å². The van der Waals surface area contributed by atoms with E-state index in [9.17, 15) is 27.5 Å². The van der Waals surface area contributed by atoms with Gasteiger partial charge in [0.1, 0.15) is 5.82 Å². The number of fused-ring (bicyclic) bond motifs is 1. The van der Waals surface area contributed by atoms with Crippen LogP contribution in [0, 0.1) is 5.82 Å². The molecule has 0 unspecified atom stereocenters. The normalized spacial score (nSPS) is 12.4. The van der Waals surface area contributed by atoms with Gasteiger partial charge >= 0.3 is 5.97 Å². The summed E-state index contributed by atoms with van der Waals surface area (Å²) in [6, 6.07) is 7.73. The highest BCUT2D eigenvalue weighted by atomic mass is 32.2. The first kappa shape index (κ1) is 24.0. The lowest BCUT2D eigenvalue weighted by molar-refractivity contribution is -0.137. The van der Waals surface area contributed by atoms with E-state index in [-0.39, 0.29) is 23.4 Å². The van der Waals surface area contributed by atoms with Crippen LogP contribution in [0.25, 0.3) is 16.6 Å². The number of aliphatic carboxylic acids is 1. The Morgan fingerprint density at radius 3 is 2.57 bits per heavy atom. The second-order valence-corrected chi connectivity index (χ2v) is 9.86. The summed E-state index contributed by atoms with van der Waals surface area (Å²) < 4.78 is 38.4. The van der Waals surface area contributed by atoms with E-state index in [0.717, 1.165) is 6.26 Å². The average Bonchev–Trinajstić information content (AvgIpc) is 3.23. The van der Waals surface area contributed by atoms with Crippen LogP contribution in [0.3, 0.4) is 0 Å². The molecule has 0 radical (unpaired) electrons. The van der Waals surface area contributed by atoms with Crippen LogP contribution in [0.15, 0.2) is 66.2 Å². The van der Waals surface area contributed by atoms with Gasteiger partial charge in [0.05, 0.1) is 35.6 Å². The number of nitrogens with one attached hydrogen (secondary N) is 1. The average molecular weight is 498 g/mol. The Balaban J connectivity index is 1.61. The Morgan fingerprint density at radius 2 is 1.89 bits per heavy atom. The molecule has 0 fully saturated rings. The SMILES string of the molecule is CS(=O)(=O)c1cc(C[C@@H](CC(=O)O)NC(=O)c2cncc3c2cnn3-c2ccc(F)cc2)ccn1. The van der Waals surface area contributed by atoms with Gasteiger partial charge in [0.2, 0.25) is 0 Å². The van der Waals surface area contributed by atoms with Crippen LogP contribution in [-0.2, 0) is 21.1 Å². The summed E-state index contributed by atoms with van der Waals surface area (Å²) in [7, 11) is -3.55. The van der Waals surface area contributed by atoms with E-state index < -0.39 is 33.6 Å². The molecule has 0 aliphatic rings. The molecule has 3 heterocycles. The van der Waals surface area contributed by atoms with E-state index in [4.69, 9.17) is 0 Å². The number of halogens is 1. The third-order valence-corrected chi connectivity index (χ3v) is 6.21. The summed E-state index contributed by atoms with van der Waals surface area (Å²) in [5, 5.41) is 16.7. The van der Waals surface area contributed by atoms with Gasteiger partial charge in [-0.15, -0.1) is 0 Å². The van der Waals surface area contributed by atoms with E-state index in [2.05, 4.69) is 20.4 Å². The molecule has 0 saturated carbocycles. The molecule has 4 aromatic rings. The van der Waals surface area contributed by atoms with Gasteiger partial charge in [0.25, 0.3) is 5.91 Å². The van der Waals surface area contributed by atoms with Crippen molar-refractivity contribution in [2.45, 2.75) is 23.9 Å². The quantitative estimate of drug-likeness (QED) is 0.377. The monoisotopic (exact) mass is 497 g/mol. The fourth-order valence-corrected chi connectivity index (χ4v) is 4.24. The number of amides is 1. The number of carbonyl (C=O) groups is 2. The van der Waals surface area contributed by atoms with E-state index >= 15 is 0 Å². The first-order valence-corrected chi connectivity index (χ1v) is 12.3. The minimum Gasteiger partial charge on any atom is -0.481 e. The van der Waals surface area contributed by atoms with E-state index in [1.807, 2.05) is 0 Å². The van der Waals surface area contributed by atoms with Crippen molar-refractivity contribution < 1.29 is 27.5 Å². The smallest absolute Gasteiger partial charge is 0.305 e.